The van der Waals surface area contributed by atoms with Crippen molar-refractivity contribution >= 4 is 11.8 Å². The molecular formula is C17H24F2N2O3. The quantitative estimate of drug-likeness (QED) is 0.677. The van der Waals surface area contributed by atoms with E-state index in [2.05, 4.69) is 10.6 Å². The summed E-state index contributed by atoms with van der Waals surface area (Å²) in [5, 5.41) is 15.1. The first-order valence-electron chi connectivity index (χ1n) is 7.89. The SMILES string of the molecule is CC(C)CCC(=O)NCC(=O)NC(C)C(O)c1ccc(F)c(F)c1. The van der Waals surface area contributed by atoms with E-state index in [0.717, 1.165) is 18.6 Å². The lowest BCUT2D eigenvalue weighted by Crippen LogP contribution is -2.43. The van der Waals surface area contributed by atoms with Crippen LogP contribution in [-0.2, 0) is 9.59 Å². The van der Waals surface area contributed by atoms with E-state index in [1.54, 1.807) is 0 Å². The lowest BCUT2D eigenvalue weighted by Gasteiger charge is -2.21. The average molecular weight is 342 g/mol. The molecule has 0 aliphatic heterocycles. The van der Waals surface area contributed by atoms with Gasteiger partial charge in [0.15, 0.2) is 11.6 Å². The van der Waals surface area contributed by atoms with Crippen LogP contribution in [0, 0.1) is 17.6 Å². The van der Waals surface area contributed by atoms with Crippen molar-refractivity contribution in [2.24, 2.45) is 5.92 Å². The maximum absolute atomic E-state index is 13.2. The lowest BCUT2D eigenvalue weighted by atomic mass is 10.0. The van der Waals surface area contributed by atoms with Crippen LogP contribution in [0.1, 0.15) is 45.3 Å². The van der Waals surface area contributed by atoms with Gasteiger partial charge in [0, 0.05) is 6.42 Å². The summed E-state index contributed by atoms with van der Waals surface area (Å²) in [6.45, 7) is 5.33. The van der Waals surface area contributed by atoms with Crippen molar-refractivity contribution in [3.63, 3.8) is 0 Å². The Morgan fingerprint density at radius 1 is 1.12 bits per heavy atom. The second-order valence-corrected chi connectivity index (χ2v) is 6.18. The number of hydrogen-bond acceptors (Lipinski definition) is 3. The van der Waals surface area contributed by atoms with E-state index in [-0.39, 0.29) is 18.0 Å². The molecule has 0 saturated heterocycles. The molecule has 134 valence electrons. The maximum Gasteiger partial charge on any atom is 0.239 e. The third-order valence-electron chi connectivity index (χ3n) is 3.54. The van der Waals surface area contributed by atoms with E-state index in [4.69, 9.17) is 0 Å². The van der Waals surface area contributed by atoms with Gasteiger partial charge >= 0.3 is 0 Å². The summed E-state index contributed by atoms with van der Waals surface area (Å²) >= 11 is 0. The molecule has 0 fully saturated rings. The van der Waals surface area contributed by atoms with Crippen molar-refractivity contribution in [3.05, 3.63) is 35.4 Å². The third-order valence-corrected chi connectivity index (χ3v) is 3.54. The molecule has 1 rings (SSSR count). The molecule has 3 N–H and O–H groups in total. The van der Waals surface area contributed by atoms with Gasteiger partial charge in [0.05, 0.1) is 18.7 Å². The Kier molecular flexibility index (Phi) is 7.78. The molecule has 0 aliphatic rings. The Balaban J connectivity index is 2.45. The van der Waals surface area contributed by atoms with Crippen molar-refractivity contribution in [3.8, 4) is 0 Å². The monoisotopic (exact) mass is 342 g/mol. The molecule has 0 aromatic heterocycles. The Hall–Kier alpha value is -2.02. The number of nitrogens with one attached hydrogen (secondary N) is 2. The molecule has 1 aromatic carbocycles. The van der Waals surface area contributed by atoms with Gasteiger partial charge in [0.25, 0.3) is 0 Å². The van der Waals surface area contributed by atoms with Crippen LogP contribution in [0.2, 0.25) is 0 Å². The Morgan fingerprint density at radius 3 is 2.38 bits per heavy atom. The predicted molar refractivity (Wildman–Crippen MR) is 86.0 cm³/mol. The highest BCUT2D eigenvalue weighted by Gasteiger charge is 2.20. The van der Waals surface area contributed by atoms with Gasteiger partial charge in [0.1, 0.15) is 0 Å². The van der Waals surface area contributed by atoms with Crippen molar-refractivity contribution in [1.29, 1.82) is 0 Å². The normalized spacial score (nSPS) is 13.5. The maximum atomic E-state index is 13.2. The van der Waals surface area contributed by atoms with E-state index in [9.17, 15) is 23.5 Å². The van der Waals surface area contributed by atoms with Gasteiger partial charge in [-0.2, -0.15) is 0 Å². The molecule has 0 spiro atoms. The summed E-state index contributed by atoms with van der Waals surface area (Å²) in [7, 11) is 0. The summed E-state index contributed by atoms with van der Waals surface area (Å²) in [5.41, 5.74) is 0.155. The van der Waals surface area contributed by atoms with Crippen molar-refractivity contribution in [2.45, 2.75) is 45.8 Å². The first-order valence-corrected chi connectivity index (χ1v) is 7.89. The highest BCUT2D eigenvalue weighted by Crippen LogP contribution is 2.19. The summed E-state index contributed by atoms with van der Waals surface area (Å²) in [5.74, 6) is -2.36. The molecule has 0 heterocycles. The third kappa shape index (κ3) is 6.62. The number of carbonyl (C=O) groups excluding carboxylic acids is 2. The zero-order chi connectivity index (χ0) is 18.3. The highest BCUT2D eigenvalue weighted by molar-refractivity contribution is 5.84. The first kappa shape index (κ1) is 20.0. The van der Waals surface area contributed by atoms with Crippen LogP contribution in [0.25, 0.3) is 0 Å². The van der Waals surface area contributed by atoms with Crippen LogP contribution in [-0.4, -0.2) is 29.5 Å². The minimum absolute atomic E-state index is 0.155. The van der Waals surface area contributed by atoms with Crippen molar-refractivity contribution in [2.75, 3.05) is 6.54 Å². The molecule has 0 aliphatic carbocycles. The first-order chi connectivity index (χ1) is 11.2. The van der Waals surface area contributed by atoms with Crippen molar-refractivity contribution in [1.82, 2.24) is 10.6 Å². The van der Waals surface area contributed by atoms with E-state index >= 15 is 0 Å². The topological polar surface area (TPSA) is 78.4 Å². The molecule has 2 amide bonds. The second-order valence-electron chi connectivity index (χ2n) is 6.18. The smallest absolute Gasteiger partial charge is 0.239 e. The Labute approximate surface area is 140 Å². The Morgan fingerprint density at radius 2 is 1.79 bits per heavy atom. The number of halogens is 2. The molecule has 1 aromatic rings. The predicted octanol–water partition coefficient (Wildman–Crippen LogP) is 2.06. The van der Waals surface area contributed by atoms with E-state index < -0.39 is 29.7 Å². The minimum atomic E-state index is -1.19. The van der Waals surface area contributed by atoms with Crippen LogP contribution in [0.15, 0.2) is 18.2 Å². The lowest BCUT2D eigenvalue weighted by molar-refractivity contribution is -0.126. The van der Waals surface area contributed by atoms with Gasteiger partial charge in [-0.25, -0.2) is 8.78 Å². The summed E-state index contributed by atoms with van der Waals surface area (Å²) < 4.78 is 26.1. The Bertz CT molecular complexity index is 579. The molecule has 7 heteroatoms. The number of amides is 2. The zero-order valence-electron chi connectivity index (χ0n) is 14.1. The van der Waals surface area contributed by atoms with Crippen LogP contribution >= 0.6 is 0 Å². The van der Waals surface area contributed by atoms with Gasteiger partial charge in [-0.1, -0.05) is 19.9 Å². The van der Waals surface area contributed by atoms with Crippen LogP contribution in [0.4, 0.5) is 8.78 Å². The van der Waals surface area contributed by atoms with Crippen LogP contribution in [0.5, 0.6) is 0 Å². The average Bonchev–Trinajstić information content (AvgIpc) is 2.52. The minimum Gasteiger partial charge on any atom is -0.386 e. The highest BCUT2D eigenvalue weighted by atomic mass is 19.2. The molecule has 24 heavy (non-hydrogen) atoms. The molecule has 0 bridgehead atoms. The van der Waals surface area contributed by atoms with E-state index in [0.29, 0.717) is 12.3 Å². The van der Waals surface area contributed by atoms with Gasteiger partial charge in [-0.15, -0.1) is 0 Å². The standard InChI is InChI=1S/C17H24F2N2O3/c1-10(2)4-7-15(22)20-9-16(23)21-11(3)17(24)12-5-6-13(18)14(19)8-12/h5-6,8,10-11,17,24H,4,7,9H2,1-3H3,(H,20,22)(H,21,23). The van der Waals surface area contributed by atoms with Crippen LogP contribution in [0.3, 0.4) is 0 Å². The van der Waals surface area contributed by atoms with Gasteiger partial charge in [0.2, 0.25) is 11.8 Å². The number of aliphatic hydroxyl groups is 1. The molecule has 0 saturated carbocycles. The molecule has 2 unspecified atom stereocenters. The fraction of sp³-hybridized carbons (Fsp3) is 0.529. The molecule has 2 atom stereocenters. The number of rotatable bonds is 8. The summed E-state index contributed by atoms with van der Waals surface area (Å²) in [4.78, 5) is 23.3. The molecule has 5 nitrogen and oxygen atoms in total. The zero-order valence-corrected chi connectivity index (χ0v) is 14.1. The van der Waals surface area contributed by atoms with Gasteiger partial charge in [-0.3, -0.25) is 9.59 Å². The van der Waals surface area contributed by atoms with Crippen LogP contribution < -0.4 is 10.6 Å². The number of hydrogen-bond donors (Lipinski definition) is 3. The number of carbonyl (C=O) groups is 2. The van der Waals surface area contributed by atoms with E-state index in [1.807, 2.05) is 13.8 Å². The molecular weight excluding hydrogens is 318 g/mol. The van der Waals surface area contributed by atoms with Gasteiger partial charge in [-0.05, 0) is 37.0 Å². The second kappa shape index (κ2) is 9.32. The fourth-order valence-electron chi connectivity index (χ4n) is 2.06. The largest absolute Gasteiger partial charge is 0.386 e. The summed E-state index contributed by atoms with van der Waals surface area (Å²) in [6, 6.07) is 2.32. The fourth-order valence-corrected chi connectivity index (χ4v) is 2.06. The molecule has 0 radical (unpaired) electrons. The summed E-state index contributed by atoms with van der Waals surface area (Å²) in [6.07, 6.45) is -0.114. The van der Waals surface area contributed by atoms with Gasteiger partial charge < -0.3 is 15.7 Å². The van der Waals surface area contributed by atoms with E-state index in [1.165, 1.54) is 13.0 Å². The van der Waals surface area contributed by atoms with Crippen molar-refractivity contribution < 1.29 is 23.5 Å². The number of aliphatic hydroxyl groups excluding tert-OH is 1. The number of benzene rings is 1.